The molecule has 0 saturated heterocycles. The van der Waals surface area contributed by atoms with E-state index in [0.717, 1.165) is 28.0 Å². The lowest BCUT2D eigenvalue weighted by Crippen LogP contribution is -2.04. The third-order valence-electron chi connectivity index (χ3n) is 4.13. The lowest BCUT2D eigenvalue weighted by Gasteiger charge is -2.12. The Morgan fingerprint density at radius 1 is 0.962 bits per heavy atom. The molecule has 4 rings (SSSR count). The molecule has 0 aliphatic carbocycles. The number of nitrogens with one attached hydrogen (secondary N) is 1. The van der Waals surface area contributed by atoms with Crippen molar-refractivity contribution < 1.29 is 4.74 Å². The first-order chi connectivity index (χ1) is 12.8. The molecule has 2 heterocycles. The van der Waals surface area contributed by atoms with Gasteiger partial charge in [0.25, 0.3) is 0 Å². The molecule has 0 unspecified atom stereocenters. The number of pyridine rings is 1. The Hall–Kier alpha value is -3.47. The average Bonchev–Trinajstić information content (AvgIpc) is 2.73. The number of benzene rings is 2. The van der Waals surface area contributed by atoms with Gasteiger partial charge in [-0.25, -0.2) is 9.97 Å². The van der Waals surface area contributed by atoms with E-state index in [9.17, 15) is 0 Å². The number of rotatable bonds is 5. The molecule has 0 radical (unpaired) electrons. The molecule has 4 aromatic rings. The maximum Gasteiger partial charge on any atom is 0.163 e. The molecule has 0 aliphatic rings. The van der Waals surface area contributed by atoms with Crippen LogP contribution in [-0.4, -0.2) is 22.1 Å². The maximum absolute atomic E-state index is 5.36. The van der Waals surface area contributed by atoms with Gasteiger partial charge >= 0.3 is 0 Å². The fraction of sp³-hybridized carbons (Fsp3) is 0.0952. The second-order valence-electron chi connectivity index (χ2n) is 5.86. The largest absolute Gasteiger partial charge is 0.497 e. The molecule has 2 aromatic heterocycles. The smallest absolute Gasteiger partial charge is 0.163 e. The van der Waals surface area contributed by atoms with Crippen molar-refractivity contribution in [1.29, 1.82) is 0 Å². The van der Waals surface area contributed by atoms with Crippen LogP contribution in [0.15, 0.2) is 73.1 Å². The number of hydrogen-bond donors (Lipinski definition) is 1. The van der Waals surface area contributed by atoms with E-state index in [4.69, 9.17) is 9.72 Å². The van der Waals surface area contributed by atoms with E-state index in [1.807, 2.05) is 48.5 Å². The zero-order chi connectivity index (χ0) is 17.8. The van der Waals surface area contributed by atoms with Gasteiger partial charge in [-0.3, -0.25) is 4.98 Å². The highest BCUT2D eigenvalue weighted by atomic mass is 16.5. The zero-order valence-electron chi connectivity index (χ0n) is 14.4. The summed E-state index contributed by atoms with van der Waals surface area (Å²) in [4.78, 5) is 13.6. The first-order valence-corrected chi connectivity index (χ1v) is 8.37. The van der Waals surface area contributed by atoms with E-state index < -0.39 is 0 Å². The summed E-state index contributed by atoms with van der Waals surface area (Å²) in [5.74, 6) is 2.20. The van der Waals surface area contributed by atoms with E-state index in [-0.39, 0.29) is 0 Å². The molecule has 2 aromatic carbocycles. The highest BCUT2D eigenvalue weighted by Gasteiger charge is 2.11. The van der Waals surface area contributed by atoms with E-state index in [2.05, 4.69) is 27.4 Å². The van der Waals surface area contributed by atoms with Crippen LogP contribution in [0.3, 0.4) is 0 Å². The average molecular weight is 342 g/mol. The van der Waals surface area contributed by atoms with Gasteiger partial charge in [0.1, 0.15) is 11.6 Å². The molecule has 0 bridgehead atoms. The molecule has 5 heteroatoms. The summed E-state index contributed by atoms with van der Waals surface area (Å²) in [6.07, 6.45) is 3.51. The van der Waals surface area contributed by atoms with Gasteiger partial charge in [-0.05, 0) is 35.9 Å². The van der Waals surface area contributed by atoms with Crippen LogP contribution in [0.5, 0.6) is 5.75 Å². The standard InChI is InChI=1S/C21H18N4O/c1-26-17-9-10-19-18(12-17)21(23-13-15-6-3-2-4-7-15)25-20(24-19)16-8-5-11-22-14-16/h2-12,14H,13H2,1H3,(H,23,24,25). The van der Waals surface area contributed by atoms with Crippen LogP contribution >= 0.6 is 0 Å². The van der Waals surface area contributed by atoms with Gasteiger partial charge in [-0.1, -0.05) is 30.3 Å². The third kappa shape index (κ3) is 3.32. The second-order valence-corrected chi connectivity index (χ2v) is 5.86. The van der Waals surface area contributed by atoms with Crippen molar-refractivity contribution in [3.05, 3.63) is 78.6 Å². The summed E-state index contributed by atoms with van der Waals surface area (Å²) >= 11 is 0. The maximum atomic E-state index is 5.36. The number of fused-ring (bicyclic) bond motifs is 1. The summed E-state index contributed by atoms with van der Waals surface area (Å²) in [6, 6.07) is 19.9. The van der Waals surface area contributed by atoms with E-state index >= 15 is 0 Å². The molecule has 0 spiro atoms. The Labute approximate surface area is 151 Å². The Morgan fingerprint density at radius 3 is 2.62 bits per heavy atom. The summed E-state index contributed by atoms with van der Waals surface area (Å²) in [5, 5.41) is 4.36. The second kappa shape index (κ2) is 7.19. The van der Waals surface area contributed by atoms with Crippen LogP contribution < -0.4 is 10.1 Å². The number of ether oxygens (including phenoxy) is 1. The Balaban J connectivity index is 1.78. The van der Waals surface area contributed by atoms with Crippen LogP contribution in [0.2, 0.25) is 0 Å². The summed E-state index contributed by atoms with van der Waals surface area (Å²) in [5.41, 5.74) is 2.92. The zero-order valence-corrected chi connectivity index (χ0v) is 14.4. The lowest BCUT2D eigenvalue weighted by molar-refractivity contribution is 0.415. The predicted octanol–water partition coefficient (Wildman–Crippen LogP) is 4.31. The first kappa shape index (κ1) is 16.0. The van der Waals surface area contributed by atoms with Crippen LogP contribution in [0.25, 0.3) is 22.3 Å². The van der Waals surface area contributed by atoms with Crippen molar-refractivity contribution in [3.8, 4) is 17.1 Å². The summed E-state index contributed by atoms with van der Waals surface area (Å²) in [7, 11) is 1.66. The number of hydrogen-bond acceptors (Lipinski definition) is 5. The molecule has 0 aliphatic heterocycles. The molecule has 0 fully saturated rings. The van der Waals surface area contributed by atoms with Crippen LogP contribution in [0.4, 0.5) is 5.82 Å². The van der Waals surface area contributed by atoms with E-state index in [1.54, 1.807) is 19.5 Å². The van der Waals surface area contributed by atoms with Crippen molar-refractivity contribution in [2.45, 2.75) is 6.54 Å². The van der Waals surface area contributed by atoms with Gasteiger partial charge in [0.2, 0.25) is 0 Å². The third-order valence-corrected chi connectivity index (χ3v) is 4.13. The molecule has 0 amide bonds. The van der Waals surface area contributed by atoms with Gasteiger partial charge in [0.05, 0.1) is 12.6 Å². The first-order valence-electron chi connectivity index (χ1n) is 8.37. The highest BCUT2D eigenvalue weighted by molar-refractivity contribution is 5.91. The van der Waals surface area contributed by atoms with Gasteiger partial charge in [0.15, 0.2) is 5.82 Å². The quantitative estimate of drug-likeness (QED) is 0.585. The number of anilines is 1. The van der Waals surface area contributed by atoms with Crippen molar-refractivity contribution in [2.75, 3.05) is 12.4 Å². The van der Waals surface area contributed by atoms with Crippen LogP contribution in [-0.2, 0) is 6.54 Å². The molecule has 0 atom stereocenters. The highest BCUT2D eigenvalue weighted by Crippen LogP contribution is 2.28. The summed E-state index contributed by atoms with van der Waals surface area (Å²) < 4.78 is 5.36. The lowest BCUT2D eigenvalue weighted by atomic mass is 10.2. The fourth-order valence-corrected chi connectivity index (χ4v) is 2.78. The predicted molar refractivity (Wildman–Crippen MR) is 103 cm³/mol. The SMILES string of the molecule is COc1ccc2nc(-c3cccnc3)nc(NCc3ccccc3)c2c1. The monoisotopic (exact) mass is 342 g/mol. The van der Waals surface area contributed by atoms with E-state index in [0.29, 0.717) is 12.4 Å². The number of methoxy groups -OCH3 is 1. The van der Waals surface area contributed by atoms with Crippen molar-refractivity contribution in [1.82, 2.24) is 15.0 Å². The van der Waals surface area contributed by atoms with Crippen molar-refractivity contribution >= 4 is 16.7 Å². The minimum absolute atomic E-state index is 0.645. The van der Waals surface area contributed by atoms with Gasteiger partial charge < -0.3 is 10.1 Å². The molecule has 1 N–H and O–H groups in total. The van der Waals surface area contributed by atoms with Gasteiger partial charge in [-0.15, -0.1) is 0 Å². The number of aromatic nitrogens is 3. The fourth-order valence-electron chi connectivity index (χ4n) is 2.78. The Morgan fingerprint density at radius 2 is 1.85 bits per heavy atom. The topological polar surface area (TPSA) is 59.9 Å². The van der Waals surface area contributed by atoms with Crippen LogP contribution in [0, 0.1) is 0 Å². The molecular weight excluding hydrogens is 324 g/mol. The molecule has 0 saturated carbocycles. The molecule has 128 valence electrons. The van der Waals surface area contributed by atoms with Gasteiger partial charge in [0, 0.05) is 29.9 Å². The van der Waals surface area contributed by atoms with Crippen molar-refractivity contribution in [3.63, 3.8) is 0 Å². The molecule has 26 heavy (non-hydrogen) atoms. The van der Waals surface area contributed by atoms with Gasteiger partial charge in [-0.2, -0.15) is 0 Å². The number of nitrogens with zero attached hydrogens (tertiary/aromatic N) is 3. The normalized spacial score (nSPS) is 10.7. The summed E-state index contributed by atoms with van der Waals surface area (Å²) in [6.45, 7) is 0.677. The minimum Gasteiger partial charge on any atom is -0.497 e. The van der Waals surface area contributed by atoms with E-state index in [1.165, 1.54) is 5.56 Å². The molecule has 5 nitrogen and oxygen atoms in total. The molecular formula is C21H18N4O. The van der Waals surface area contributed by atoms with Crippen molar-refractivity contribution in [2.24, 2.45) is 0 Å². The minimum atomic E-state index is 0.645. The van der Waals surface area contributed by atoms with Crippen LogP contribution in [0.1, 0.15) is 5.56 Å². The Bertz CT molecular complexity index is 1020. The Kier molecular flexibility index (Phi) is 4.43.